The molecular weight excluding hydrogens is 363 g/mol. The summed E-state index contributed by atoms with van der Waals surface area (Å²) in [6, 6.07) is 3.91. The van der Waals surface area contributed by atoms with Gasteiger partial charge >= 0.3 is 5.97 Å². The molecule has 23 heavy (non-hydrogen) atoms. The molecule has 0 unspecified atom stereocenters. The molecule has 0 saturated heterocycles. The summed E-state index contributed by atoms with van der Waals surface area (Å²) < 4.78 is 31.6. The van der Waals surface area contributed by atoms with Gasteiger partial charge in [0.05, 0.1) is 22.6 Å². The van der Waals surface area contributed by atoms with E-state index in [4.69, 9.17) is 11.6 Å². The summed E-state index contributed by atoms with van der Waals surface area (Å²) >= 11 is 5.95. The average molecular weight is 381 g/mol. The molecule has 1 aliphatic heterocycles. The van der Waals surface area contributed by atoms with Gasteiger partial charge in [-0.3, -0.25) is 0 Å². The van der Waals surface area contributed by atoms with E-state index in [0.29, 0.717) is 0 Å². The molecule has 0 amide bonds. The van der Waals surface area contributed by atoms with Crippen molar-refractivity contribution in [1.82, 2.24) is 10.0 Å². The second-order valence-corrected chi connectivity index (χ2v) is 6.95. The quantitative estimate of drug-likeness (QED) is 0.600. The summed E-state index contributed by atoms with van der Waals surface area (Å²) in [5, 5.41) is 3.20. The van der Waals surface area contributed by atoms with E-state index in [0.717, 1.165) is 25.1 Å². The Bertz CT molecular complexity index is 705. The van der Waals surface area contributed by atoms with Crippen LogP contribution in [0.5, 0.6) is 0 Å². The molecule has 128 valence electrons. The molecule has 2 N–H and O–H groups in total. The first-order chi connectivity index (χ1) is 10.4. The SMILES string of the molecule is COC(=O)c1ccc(S(=O)(=O)NCC2=CCNCC2)cc1Cl.Cl. The molecular formula is C14H18Cl2N2O4S. The zero-order valence-electron chi connectivity index (χ0n) is 12.5. The van der Waals surface area contributed by atoms with Gasteiger partial charge in [-0.2, -0.15) is 0 Å². The van der Waals surface area contributed by atoms with E-state index < -0.39 is 16.0 Å². The molecule has 0 bridgehead atoms. The van der Waals surface area contributed by atoms with Gasteiger partial charge in [0, 0.05) is 13.1 Å². The van der Waals surface area contributed by atoms with E-state index in [1.165, 1.54) is 25.3 Å². The Balaban J connectivity index is 0.00000264. The van der Waals surface area contributed by atoms with Gasteiger partial charge in [-0.1, -0.05) is 23.3 Å². The van der Waals surface area contributed by atoms with Crippen LogP contribution in [0.15, 0.2) is 34.7 Å². The second kappa shape index (κ2) is 8.65. The molecule has 9 heteroatoms. The van der Waals surface area contributed by atoms with Gasteiger partial charge in [0.25, 0.3) is 0 Å². The molecule has 1 aromatic carbocycles. The van der Waals surface area contributed by atoms with Crippen LogP contribution in [0, 0.1) is 0 Å². The summed E-state index contributed by atoms with van der Waals surface area (Å²) in [5.41, 5.74) is 1.17. The molecule has 0 atom stereocenters. The highest BCUT2D eigenvalue weighted by Gasteiger charge is 2.18. The number of sulfonamides is 1. The van der Waals surface area contributed by atoms with Crippen molar-refractivity contribution in [3.8, 4) is 0 Å². The van der Waals surface area contributed by atoms with Crippen LogP contribution < -0.4 is 10.0 Å². The lowest BCUT2D eigenvalue weighted by atomic mass is 10.1. The largest absolute Gasteiger partial charge is 0.465 e. The number of rotatable bonds is 5. The maximum Gasteiger partial charge on any atom is 0.339 e. The number of methoxy groups -OCH3 is 1. The Morgan fingerprint density at radius 3 is 2.74 bits per heavy atom. The van der Waals surface area contributed by atoms with Crippen LogP contribution >= 0.6 is 24.0 Å². The fourth-order valence-corrected chi connectivity index (χ4v) is 3.42. The summed E-state index contributed by atoms with van der Waals surface area (Å²) in [6.07, 6.45) is 2.78. The van der Waals surface area contributed by atoms with Crippen molar-refractivity contribution in [2.45, 2.75) is 11.3 Å². The molecule has 0 saturated carbocycles. The van der Waals surface area contributed by atoms with Gasteiger partial charge in [0.1, 0.15) is 0 Å². The van der Waals surface area contributed by atoms with Crippen LogP contribution in [0.4, 0.5) is 0 Å². The van der Waals surface area contributed by atoms with E-state index in [1.807, 2.05) is 6.08 Å². The maximum absolute atomic E-state index is 12.2. The number of esters is 1. The van der Waals surface area contributed by atoms with Crippen LogP contribution in [0.25, 0.3) is 0 Å². The first-order valence-corrected chi connectivity index (χ1v) is 8.56. The van der Waals surface area contributed by atoms with Crippen molar-refractivity contribution in [2.75, 3.05) is 26.7 Å². The zero-order chi connectivity index (χ0) is 16.2. The van der Waals surface area contributed by atoms with Crippen LogP contribution in [0.3, 0.4) is 0 Å². The standard InChI is InChI=1S/C14H17ClN2O4S.ClH/c1-21-14(18)12-3-2-11(8-13(12)15)22(19,20)17-9-10-4-6-16-7-5-10;/h2-4,8,16-17H,5-7,9H2,1H3;1H. The number of ether oxygens (including phenoxy) is 1. The smallest absolute Gasteiger partial charge is 0.339 e. The number of benzene rings is 1. The van der Waals surface area contributed by atoms with Gasteiger partial charge in [0.2, 0.25) is 10.0 Å². The third-order valence-corrected chi connectivity index (χ3v) is 5.01. The minimum absolute atomic E-state index is 0. The van der Waals surface area contributed by atoms with Gasteiger partial charge in [0.15, 0.2) is 0 Å². The van der Waals surface area contributed by atoms with Gasteiger partial charge in [-0.15, -0.1) is 12.4 Å². The first kappa shape index (κ1) is 19.9. The van der Waals surface area contributed by atoms with Gasteiger partial charge in [-0.05, 0) is 31.2 Å². The third kappa shape index (κ3) is 5.19. The Morgan fingerprint density at radius 2 is 2.17 bits per heavy atom. The topological polar surface area (TPSA) is 84.5 Å². The maximum atomic E-state index is 12.2. The van der Waals surface area contributed by atoms with Crippen molar-refractivity contribution in [2.24, 2.45) is 0 Å². The van der Waals surface area contributed by atoms with Crippen LogP contribution in [-0.4, -0.2) is 41.1 Å². The fourth-order valence-electron chi connectivity index (χ4n) is 2.04. The van der Waals surface area contributed by atoms with Gasteiger partial charge < -0.3 is 10.1 Å². The molecule has 1 aliphatic rings. The van der Waals surface area contributed by atoms with Crippen LogP contribution in [0.1, 0.15) is 16.8 Å². The lowest BCUT2D eigenvalue weighted by Crippen LogP contribution is -2.29. The van der Waals surface area contributed by atoms with E-state index in [2.05, 4.69) is 14.8 Å². The summed E-state index contributed by atoms with van der Waals surface area (Å²) in [5.74, 6) is -0.609. The van der Waals surface area contributed by atoms with Crippen LogP contribution in [-0.2, 0) is 14.8 Å². The highest BCUT2D eigenvalue weighted by molar-refractivity contribution is 7.89. The van der Waals surface area contributed by atoms with E-state index >= 15 is 0 Å². The number of hydrogen-bond donors (Lipinski definition) is 2. The summed E-state index contributed by atoms with van der Waals surface area (Å²) in [7, 11) is -2.45. The van der Waals surface area contributed by atoms with Crippen molar-refractivity contribution in [3.63, 3.8) is 0 Å². The van der Waals surface area contributed by atoms with Crippen molar-refractivity contribution in [1.29, 1.82) is 0 Å². The van der Waals surface area contributed by atoms with Crippen molar-refractivity contribution in [3.05, 3.63) is 40.4 Å². The summed E-state index contributed by atoms with van der Waals surface area (Å²) in [6.45, 7) is 1.85. The molecule has 6 nitrogen and oxygen atoms in total. The van der Waals surface area contributed by atoms with Crippen molar-refractivity contribution < 1.29 is 17.9 Å². The van der Waals surface area contributed by atoms with Crippen molar-refractivity contribution >= 4 is 40.0 Å². The average Bonchev–Trinajstić information content (AvgIpc) is 2.53. The highest BCUT2D eigenvalue weighted by atomic mass is 35.5. The van der Waals surface area contributed by atoms with E-state index in [9.17, 15) is 13.2 Å². The fraction of sp³-hybridized carbons (Fsp3) is 0.357. The number of halogens is 2. The number of hydrogen-bond acceptors (Lipinski definition) is 5. The zero-order valence-corrected chi connectivity index (χ0v) is 14.9. The monoisotopic (exact) mass is 380 g/mol. The van der Waals surface area contributed by atoms with Crippen LogP contribution in [0.2, 0.25) is 5.02 Å². The van der Waals surface area contributed by atoms with E-state index in [1.54, 1.807) is 0 Å². The van der Waals surface area contributed by atoms with Gasteiger partial charge in [-0.25, -0.2) is 17.9 Å². The van der Waals surface area contributed by atoms with E-state index in [-0.39, 0.29) is 34.4 Å². The minimum atomic E-state index is -3.68. The highest BCUT2D eigenvalue weighted by Crippen LogP contribution is 2.21. The Morgan fingerprint density at radius 1 is 1.43 bits per heavy atom. The minimum Gasteiger partial charge on any atom is -0.465 e. The first-order valence-electron chi connectivity index (χ1n) is 6.70. The number of carbonyl (C=O) groups excluding carboxylic acids is 1. The Kier molecular flexibility index (Phi) is 7.50. The lowest BCUT2D eigenvalue weighted by Gasteiger charge is -2.15. The number of nitrogens with one attached hydrogen (secondary N) is 2. The Hall–Kier alpha value is -1.12. The molecule has 0 aromatic heterocycles. The molecule has 0 spiro atoms. The normalized spacial score (nSPS) is 14.6. The lowest BCUT2D eigenvalue weighted by molar-refractivity contribution is 0.0601. The summed E-state index contributed by atoms with van der Waals surface area (Å²) in [4.78, 5) is 11.5. The molecule has 1 heterocycles. The molecule has 2 rings (SSSR count). The molecule has 0 fully saturated rings. The predicted molar refractivity (Wildman–Crippen MR) is 90.8 cm³/mol. The number of carbonyl (C=O) groups is 1. The molecule has 0 radical (unpaired) electrons. The third-order valence-electron chi connectivity index (χ3n) is 3.30. The molecule has 1 aromatic rings. The second-order valence-electron chi connectivity index (χ2n) is 4.77. The Labute approximate surface area is 146 Å². The molecule has 0 aliphatic carbocycles. The predicted octanol–water partition coefficient (Wildman–Crippen LogP) is 1.75.